The number of nitrogens with one attached hydrogen (secondary N) is 1. The molecule has 0 saturated carbocycles. The Balaban J connectivity index is 1.39. The van der Waals surface area contributed by atoms with Crippen LogP contribution in [-0.2, 0) is 24.3 Å². The van der Waals surface area contributed by atoms with Crippen molar-refractivity contribution in [3.8, 4) is 11.5 Å². The molecule has 41 heavy (non-hydrogen) atoms. The van der Waals surface area contributed by atoms with Crippen molar-refractivity contribution >= 4 is 28.9 Å². The van der Waals surface area contributed by atoms with Crippen molar-refractivity contribution in [3.05, 3.63) is 46.9 Å². The first kappa shape index (κ1) is 28.1. The Morgan fingerprint density at radius 3 is 2.63 bits per heavy atom. The summed E-state index contributed by atoms with van der Waals surface area (Å²) in [5.74, 6) is 3.02. The van der Waals surface area contributed by atoms with Crippen LogP contribution in [-0.4, -0.2) is 52.5 Å². The van der Waals surface area contributed by atoms with E-state index in [1.54, 1.807) is 4.90 Å². The van der Waals surface area contributed by atoms with Gasteiger partial charge in [-0.3, -0.25) is 9.69 Å². The molecule has 3 aromatic rings. The summed E-state index contributed by atoms with van der Waals surface area (Å²) in [5, 5.41) is 8.82. The van der Waals surface area contributed by atoms with Crippen molar-refractivity contribution in [1.82, 2.24) is 29.5 Å². The predicted molar refractivity (Wildman–Crippen MR) is 161 cm³/mol. The summed E-state index contributed by atoms with van der Waals surface area (Å²) in [6.45, 7) is 13.6. The van der Waals surface area contributed by atoms with Crippen LogP contribution in [0.15, 0.2) is 24.3 Å². The SMILES string of the molecule is CCC(N[S+]([O-])C(C)(C)C)c1nc(N2CCC[C@H]2C)cc2c1CN(c1cccc(-c3nnc4n3[C@@H](C)CC4)n1)C2=O. The Morgan fingerprint density at radius 2 is 1.93 bits per heavy atom. The third kappa shape index (κ3) is 5.02. The molecule has 11 heteroatoms. The first-order chi connectivity index (χ1) is 19.6. The molecule has 1 fully saturated rings. The molecule has 6 heterocycles. The van der Waals surface area contributed by atoms with E-state index >= 15 is 0 Å². The second kappa shape index (κ2) is 10.7. The Labute approximate surface area is 245 Å². The first-order valence-corrected chi connectivity index (χ1v) is 15.9. The molecule has 218 valence electrons. The molecule has 2 unspecified atom stereocenters. The van der Waals surface area contributed by atoms with E-state index in [0.29, 0.717) is 42.1 Å². The van der Waals surface area contributed by atoms with Gasteiger partial charge in [0.2, 0.25) is 0 Å². The lowest BCUT2D eigenvalue weighted by Crippen LogP contribution is -2.41. The second-order valence-electron chi connectivity index (χ2n) is 12.5. The average molecular weight is 577 g/mol. The number of carbonyl (C=O) groups excluding carboxylic acids is 1. The maximum absolute atomic E-state index is 14.1. The molecule has 4 atom stereocenters. The molecule has 6 rings (SSSR count). The van der Waals surface area contributed by atoms with Crippen LogP contribution >= 0.6 is 0 Å². The van der Waals surface area contributed by atoms with Crippen molar-refractivity contribution in [2.75, 3.05) is 16.3 Å². The fraction of sp³-hybridized carbons (Fsp3) is 0.567. The topological polar surface area (TPSA) is 115 Å². The van der Waals surface area contributed by atoms with Gasteiger partial charge in [-0.1, -0.05) is 13.0 Å². The Kier molecular flexibility index (Phi) is 7.32. The number of nitrogens with zero attached hydrogens (tertiary/aromatic N) is 7. The molecule has 1 saturated heterocycles. The normalized spacial score (nSPS) is 21.9. The zero-order valence-corrected chi connectivity index (χ0v) is 25.7. The summed E-state index contributed by atoms with van der Waals surface area (Å²) < 4.78 is 18.2. The summed E-state index contributed by atoms with van der Waals surface area (Å²) in [6.07, 6.45) is 4.84. The molecule has 0 aromatic carbocycles. The molecular weight excluding hydrogens is 536 g/mol. The zero-order chi connectivity index (χ0) is 29.1. The summed E-state index contributed by atoms with van der Waals surface area (Å²) in [4.78, 5) is 28.2. The molecule has 1 N–H and O–H groups in total. The Hall–Kier alpha value is -3.02. The maximum atomic E-state index is 14.1. The fourth-order valence-electron chi connectivity index (χ4n) is 6.14. The highest BCUT2D eigenvalue weighted by Gasteiger charge is 2.38. The maximum Gasteiger partial charge on any atom is 0.260 e. The number of rotatable bonds is 7. The number of pyridine rings is 2. The lowest BCUT2D eigenvalue weighted by molar-refractivity contribution is 0.0996. The highest BCUT2D eigenvalue weighted by molar-refractivity contribution is 7.90. The van der Waals surface area contributed by atoms with E-state index in [-0.39, 0.29) is 11.9 Å². The van der Waals surface area contributed by atoms with Gasteiger partial charge in [0, 0.05) is 42.0 Å². The fourth-order valence-corrected chi connectivity index (χ4v) is 7.03. The van der Waals surface area contributed by atoms with Crippen LogP contribution in [0.25, 0.3) is 11.5 Å². The number of hydrogen-bond acceptors (Lipinski definition) is 8. The van der Waals surface area contributed by atoms with Crippen LogP contribution in [0.5, 0.6) is 0 Å². The van der Waals surface area contributed by atoms with Gasteiger partial charge in [0.15, 0.2) is 5.82 Å². The van der Waals surface area contributed by atoms with Crippen molar-refractivity contribution in [2.45, 2.75) is 103 Å². The molecule has 3 aromatic heterocycles. The first-order valence-electron chi connectivity index (χ1n) is 14.8. The average Bonchev–Trinajstić information content (AvgIpc) is 3.72. The number of aromatic nitrogens is 5. The molecule has 1 amide bonds. The van der Waals surface area contributed by atoms with Gasteiger partial charge in [0.25, 0.3) is 5.91 Å². The van der Waals surface area contributed by atoms with Gasteiger partial charge in [-0.05, 0) is 78.5 Å². The van der Waals surface area contributed by atoms with E-state index < -0.39 is 16.1 Å². The second-order valence-corrected chi connectivity index (χ2v) is 14.5. The van der Waals surface area contributed by atoms with Crippen LogP contribution in [0.1, 0.15) is 107 Å². The number of aryl methyl sites for hydroxylation is 1. The van der Waals surface area contributed by atoms with Crippen LogP contribution in [0.4, 0.5) is 11.6 Å². The van der Waals surface area contributed by atoms with Crippen LogP contribution < -0.4 is 14.5 Å². The standard InChI is InChI=1S/C30H40N8O2S/c1-7-22(35-41(40)30(4,5)6)27-21-17-37(29(39)20(21)16-26(32-27)36-15-9-10-18(36)2)24-12-8-11-23(31-24)28-34-33-25-14-13-19(3)38(25)28/h8,11-12,16,18-19,22,35H,7,9-10,13-15,17H2,1-6H3/t18-,19+,22?,41?/m1/s1. The largest absolute Gasteiger partial charge is 0.598 e. The summed E-state index contributed by atoms with van der Waals surface area (Å²) >= 11 is -1.29. The molecule has 0 aliphatic carbocycles. The van der Waals surface area contributed by atoms with Gasteiger partial charge in [-0.25, -0.2) is 9.97 Å². The van der Waals surface area contributed by atoms with E-state index in [1.807, 2.05) is 45.0 Å². The van der Waals surface area contributed by atoms with E-state index in [9.17, 15) is 9.35 Å². The van der Waals surface area contributed by atoms with Crippen LogP contribution in [0.3, 0.4) is 0 Å². The molecule has 0 bridgehead atoms. The van der Waals surface area contributed by atoms with Gasteiger partial charge in [-0.15, -0.1) is 14.9 Å². The monoisotopic (exact) mass is 576 g/mol. The quantitative estimate of drug-likeness (QED) is 0.395. The van der Waals surface area contributed by atoms with E-state index in [1.165, 1.54) is 0 Å². The third-order valence-electron chi connectivity index (χ3n) is 8.56. The van der Waals surface area contributed by atoms with Crippen molar-refractivity contribution in [2.24, 2.45) is 0 Å². The number of amides is 1. The number of hydrogen-bond donors (Lipinski definition) is 1. The molecule has 3 aliphatic rings. The summed E-state index contributed by atoms with van der Waals surface area (Å²) in [6, 6.07) is 8.09. The lowest BCUT2D eigenvalue weighted by atomic mass is 10.0. The van der Waals surface area contributed by atoms with Crippen molar-refractivity contribution in [1.29, 1.82) is 0 Å². The molecule has 0 radical (unpaired) electrons. The Bertz CT molecular complexity index is 1470. The molecule has 3 aliphatic heterocycles. The van der Waals surface area contributed by atoms with Gasteiger partial charge in [0.05, 0.1) is 23.8 Å². The minimum absolute atomic E-state index is 0.0898. The molecule has 0 spiro atoms. The predicted octanol–water partition coefficient (Wildman–Crippen LogP) is 4.89. The minimum atomic E-state index is -1.29. The van der Waals surface area contributed by atoms with Crippen molar-refractivity contribution < 1.29 is 9.35 Å². The van der Waals surface area contributed by atoms with Crippen LogP contribution in [0, 0.1) is 0 Å². The molecule has 10 nitrogen and oxygen atoms in total. The van der Waals surface area contributed by atoms with E-state index in [2.05, 4.69) is 45.2 Å². The zero-order valence-electron chi connectivity index (χ0n) is 24.8. The van der Waals surface area contributed by atoms with Gasteiger partial charge >= 0.3 is 0 Å². The number of carbonyl (C=O) groups is 1. The summed E-state index contributed by atoms with van der Waals surface area (Å²) in [5.41, 5.74) is 3.03. The third-order valence-corrected chi connectivity index (χ3v) is 10.2. The van der Waals surface area contributed by atoms with E-state index in [0.717, 1.165) is 61.0 Å². The van der Waals surface area contributed by atoms with Crippen LogP contribution in [0.2, 0.25) is 0 Å². The Morgan fingerprint density at radius 1 is 1.12 bits per heavy atom. The highest BCUT2D eigenvalue weighted by atomic mass is 32.2. The van der Waals surface area contributed by atoms with Gasteiger partial charge < -0.3 is 14.0 Å². The van der Waals surface area contributed by atoms with Gasteiger partial charge in [0.1, 0.15) is 27.9 Å². The summed E-state index contributed by atoms with van der Waals surface area (Å²) in [7, 11) is 0. The number of fused-ring (bicyclic) bond motifs is 2. The molecular formula is C30H40N8O2S. The smallest absolute Gasteiger partial charge is 0.260 e. The highest BCUT2D eigenvalue weighted by Crippen LogP contribution is 2.38. The minimum Gasteiger partial charge on any atom is -0.598 e. The van der Waals surface area contributed by atoms with Crippen molar-refractivity contribution in [3.63, 3.8) is 0 Å². The number of anilines is 2. The van der Waals surface area contributed by atoms with Gasteiger partial charge in [-0.2, -0.15) is 0 Å². The van der Waals surface area contributed by atoms with E-state index in [4.69, 9.17) is 9.97 Å². The lowest BCUT2D eigenvalue weighted by Gasteiger charge is -2.29.